The van der Waals surface area contributed by atoms with Crippen molar-refractivity contribution < 1.29 is 24.2 Å². The minimum Gasteiger partial charge on any atom is -0.466 e. The highest BCUT2D eigenvalue weighted by Crippen LogP contribution is 2.41. The number of benzene rings is 1. The maximum Gasteiger partial charge on any atom is 0.336 e. The number of aliphatic hydroxyl groups is 1. The van der Waals surface area contributed by atoms with Crippen LogP contribution < -0.4 is 5.32 Å². The van der Waals surface area contributed by atoms with E-state index in [-0.39, 0.29) is 23.5 Å². The van der Waals surface area contributed by atoms with Gasteiger partial charge in [0.25, 0.3) is 0 Å². The van der Waals surface area contributed by atoms with Crippen molar-refractivity contribution in [3.05, 3.63) is 57.4 Å². The normalized spacial score (nSPS) is 17.2. The van der Waals surface area contributed by atoms with E-state index in [1.54, 1.807) is 38.1 Å². The van der Waals surface area contributed by atoms with Crippen molar-refractivity contribution in [3.8, 4) is 0 Å². The molecule has 6 nitrogen and oxygen atoms in total. The molecule has 0 spiro atoms. The van der Waals surface area contributed by atoms with E-state index in [0.29, 0.717) is 16.3 Å². The molecule has 1 unspecified atom stereocenters. The first kappa shape index (κ1) is 19.0. The van der Waals surface area contributed by atoms with E-state index in [4.69, 9.17) is 21.1 Å². The summed E-state index contributed by atoms with van der Waals surface area (Å²) in [7, 11) is 1.24. The molecule has 0 fully saturated rings. The number of allylic oxidation sites excluding steroid dienone is 1. The quantitative estimate of drug-likeness (QED) is 0.779. The van der Waals surface area contributed by atoms with E-state index in [1.807, 2.05) is 0 Å². The number of hydrogen-bond acceptors (Lipinski definition) is 6. The number of nitrogens with one attached hydrogen (secondary N) is 1. The highest BCUT2D eigenvalue weighted by Gasteiger charge is 2.39. The molecular formula is C18H20ClNO5. The topological polar surface area (TPSA) is 84.9 Å². The van der Waals surface area contributed by atoms with Crippen LogP contribution in [0, 0.1) is 0 Å². The third kappa shape index (κ3) is 3.70. The Hall–Kier alpha value is -2.31. The summed E-state index contributed by atoms with van der Waals surface area (Å²) in [5.74, 6) is -2.02. The Bertz CT molecular complexity index is 754. The number of carbonyl (C=O) groups is 2. The summed E-state index contributed by atoms with van der Waals surface area (Å²) in [6.07, 6.45) is 0. The Morgan fingerprint density at radius 3 is 2.48 bits per heavy atom. The standard InChI is InChI=1S/C18H20ClNO5/c1-4-25-18(23)14-10(2)20-13(9-21)16(17(22)24-3)15(14)11-7-5-6-8-12(11)19/h5-8,15,20-21H,4,9H2,1-3H3. The lowest BCUT2D eigenvalue weighted by Gasteiger charge is -2.31. The van der Waals surface area contributed by atoms with Gasteiger partial charge in [0.2, 0.25) is 0 Å². The second kappa shape index (κ2) is 8.18. The molecule has 0 aliphatic carbocycles. The van der Waals surface area contributed by atoms with Crippen LogP contribution in [0.4, 0.5) is 0 Å². The minimum atomic E-state index is -0.802. The molecule has 0 bridgehead atoms. The lowest BCUT2D eigenvalue weighted by Crippen LogP contribution is -2.34. The Kier molecular flexibility index (Phi) is 6.22. The van der Waals surface area contributed by atoms with Crippen molar-refractivity contribution in [1.82, 2.24) is 5.32 Å². The first-order valence-corrected chi connectivity index (χ1v) is 8.15. The molecule has 1 aromatic carbocycles. The van der Waals surface area contributed by atoms with Crippen LogP contribution in [0.2, 0.25) is 5.02 Å². The van der Waals surface area contributed by atoms with E-state index < -0.39 is 24.5 Å². The number of aliphatic hydroxyl groups excluding tert-OH is 1. The van der Waals surface area contributed by atoms with Gasteiger partial charge in [0.15, 0.2) is 0 Å². The molecule has 134 valence electrons. The molecule has 0 aromatic heterocycles. The zero-order valence-corrected chi connectivity index (χ0v) is 15.0. The fraction of sp³-hybridized carbons (Fsp3) is 0.333. The lowest BCUT2D eigenvalue weighted by molar-refractivity contribution is -0.139. The van der Waals surface area contributed by atoms with E-state index >= 15 is 0 Å². The molecule has 7 heteroatoms. The number of esters is 2. The number of dihydropyridines is 1. The van der Waals surface area contributed by atoms with E-state index in [1.165, 1.54) is 7.11 Å². The minimum absolute atomic E-state index is 0.131. The van der Waals surface area contributed by atoms with Crippen molar-refractivity contribution in [2.45, 2.75) is 19.8 Å². The van der Waals surface area contributed by atoms with Gasteiger partial charge in [-0.1, -0.05) is 29.8 Å². The fourth-order valence-electron chi connectivity index (χ4n) is 2.87. The number of ether oxygens (including phenoxy) is 2. The number of methoxy groups -OCH3 is 1. The van der Waals surface area contributed by atoms with E-state index in [9.17, 15) is 14.7 Å². The van der Waals surface area contributed by atoms with Gasteiger partial charge in [0, 0.05) is 10.7 Å². The van der Waals surface area contributed by atoms with Crippen LogP contribution in [0.25, 0.3) is 0 Å². The van der Waals surface area contributed by atoms with Gasteiger partial charge in [0.1, 0.15) is 0 Å². The second-order valence-corrected chi connectivity index (χ2v) is 5.79. The largest absolute Gasteiger partial charge is 0.466 e. The molecule has 1 aliphatic rings. The molecule has 0 saturated carbocycles. The Balaban J connectivity index is 2.73. The van der Waals surface area contributed by atoms with Gasteiger partial charge in [-0.3, -0.25) is 0 Å². The summed E-state index contributed by atoms with van der Waals surface area (Å²) in [6, 6.07) is 6.91. The summed E-state index contributed by atoms with van der Waals surface area (Å²) in [6.45, 7) is 3.15. The number of carbonyl (C=O) groups excluding carboxylic acids is 2. The molecule has 1 heterocycles. The van der Waals surface area contributed by atoms with Crippen molar-refractivity contribution >= 4 is 23.5 Å². The van der Waals surface area contributed by atoms with E-state index in [2.05, 4.69) is 5.32 Å². The molecular weight excluding hydrogens is 346 g/mol. The van der Waals surface area contributed by atoms with Crippen LogP contribution in [0.3, 0.4) is 0 Å². The predicted octanol–water partition coefficient (Wildman–Crippen LogP) is 2.28. The van der Waals surface area contributed by atoms with Gasteiger partial charge in [0.05, 0.1) is 43.1 Å². The van der Waals surface area contributed by atoms with Crippen molar-refractivity contribution in [3.63, 3.8) is 0 Å². The zero-order chi connectivity index (χ0) is 18.6. The van der Waals surface area contributed by atoms with Gasteiger partial charge < -0.3 is 19.9 Å². The fourth-order valence-corrected chi connectivity index (χ4v) is 3.12. The third-order valence-corrected chi connectivity index (χ3v) is 4.26. The summed E-state index contributed by atoms with van der Waals surface area (Å²) in [5.41, 5.74) is 1.70. The van der Waals surface area contributed by atoms with Gasteiger partial charge in [-0.25, -0.2) is 9.59 Å². The molecule has 1 aromatic rings. The Labute approximate surface area is 151 Å². The summed E-state index contributed by atoms with van der Waals surface area (Å²) >= 11 is 6.32. The van der Waals surface area contributed by atoms with Gasteiger partial charge in [-0.05, 0) is 25.5 Å². The Morgan fingerprint density at radius 1 is 1.24 bits per heavy atom. The maximum atomic E-state index is 12.6. The third-order valence-electron chi connectivity index (χ3n) is 3.92. The van der Waals surface area contributed by atoms with E-state index in [0.717, 1.165) is 0 Å². The van der Waals surface area contributed by atoms with Crippen molar-refractivity contribution in [1.29, 1.82) is 0 Å². The van der Waals surface area contributed by atoms with Gasteiger partial charge in [-0.15, -0.1) is 0 Å². The smallest absolute Gasteiger partial charge is 0.336 e. The first-order valence-electron chi connectivity index (χ1n) is 7.77. The lowest BCUT2D eigenvalue weighted by atomic mass is 9.80. The van der Waals surface area contributed by atoms with Gasteiger partial charge in [-0.2, -0.15) is 0 Å². The summed E-state index contributed by atoms with van der Waals surface area (Å²) in [5, 5.41) is 13.0. The van der Waals surface area contributed by atoms with Crippen LogP contribution in [-0.2, 0) is 19.1 Å². The molecule has 1 atom stereocenters. The monoisotopic (exact) mass is 365 g/mol. The average Bonchev–Trinajstić information content (AvgIpc) is 2.60. The highest BCUT2D eigenvalue weighted by atomic mass is 35.5. The number of hydrogen-bond donors (Lipinski definition) is 2. The number of rotatable bonds is 5. The molecule has 25 heavy (non-hydrogen) atoms. The van der Waals surface area contributed by atoms with Crippen molar-refractivity contribution in [2.24, 2.45) is 0 Å². The predicted molar refractivity (Wildman–Crippen MR) is 92.8 cm³/mol. The molecule has 1 aliphatic heterocycles. The number of halogens is 1. The molecule has 0 radical (unpaired) electrons. The molecule has 2 N–H and O–H groups in total. The highest BCUT2D eigenvalue weighted by molar-refractivity contribution is 6.31. The maximum absolute atomic E-state index is 12.6. The molecule has 0 amide bonds. The van der Waals surface area contributed by atoms with Crippen LogP contribution in [0.15, 0.2) is 46.8 Å². The summed E-state index contributed by atoms with van der Waals surface area (Å²) in [4.78, 5) is 25.0. The van der Waals surface area contributed by atoms with Crippen LogP contribution in [-0.4, -0.2) is 37.4 Å². The summed E-state index contributed by atoms with van der Waals surface area (Å²) < 4.78 is 10.0. The van der Waals surface area contributed by atoms with Crippen LogP contribution >= 0.6 is 11.6 Å². The first-order chi connectivity index (χ1) is 12.0. The average molecular weight is 366 g/mol. The van der Waals surface area contributed by atoms with Gasteiger partial charge >= 0.3 is 11.9 Å². The van der Waals surface area contributed by atoms with Crippen LogP contribution in [0.1, 0.15) is 25.3 Å². The molecule has 0 saturated heterocycles. The SMILES string of the molecule is CCOC(=O)C1=C(C)NC(CO)=C(C(=O)OC)C1c1ccccc1Cl. The zero-order valence-electron chi connectivity index (χ0n) is 14.3. The van der Waals surface area contributed by atoms with Crippen LogP contribution in [0.5, 0.6) is 0 Å². The second-order valence-electron chi connectivity index (χ2n) is 5.38. The molecule has 2 rings (SSSR count). The Morgan fingerprint density at radius 2 is 1.92 bits per heavy atom. The van der Waals surface area contributed by atoms with Crippen molar-refractivity contribution in [2.75, 3.05) is 20.3 Å².